The van der Waals surface area contributed by atoms with Crippen molar-refractivity contribution in [3.63, 3.8) is 0 Å². The Bertz CT molecular complexity index is 1050. The Morgan fingerprint density at radius 3 is 2.64 bits per heavy atom. The molecular weight excluding hydrogens is 373 g/mol. The number of rotatable bonds is 4. The highest BCUT2D eigenvalue weighted by molar-refractivity contribution is 5.65. The van der Waals surface area contributed by atoms with Crippen LogP contribution >= 0.6 is 0 Å². The Kier molecular flexibility index (Phi) is 4.54. The molecule has 0 amide bonds. The van der Waals surface area contributed by atoms with E-state index in [2.05, 4.69) is 4.98 Å². The van der Waals surface area contributed by atoms with Gasteiger partial charge in [-0.2, -0.15) is 18.2 Å². The first-order valence-electron chi connectivity index (χ1n) is 8.53. The molecule has 1 aliphatic rings. The molecule has 1 unspecified atom stereocenters. The van der Waals surface area contributed by atoms with Crippen molar-refractivity contribution in [3.8, 4) is 22.9 Å². The van der Waals surface area contributed by atoms with Crippen LogP contribution in [0.15, 0.2) is 65.6 Å². The molecule has 3 aromatic rings. The fourth-order valence-electron chi connectivity index (χ4n) is 2.95. The molecule has 2 aromatic carbocycles. The topological polar surface area (TPSA) is 53.4 Å². The largest absolute Gasteiger partial charge is 0.490 e. The molecule has 0 radical (unpaired) electrons. The minimum absolute atomic E-state index is 0.250. The van der Waals surface area contributed by atoms with Crippen LogP contribution in [0.1, 0.15) is 5.56 Å². The van der Waals surface area contributed by atoms with Crippen molar-refractivity contribution in [3.05, 3.63) is 76.7 Å². The van der Waals surface area contributed by atoms with Crippen LogP contribution in [0.25, 0.3) is 11.1 Å². The number of alkyl halides is 3. The summed E-state index contributed by atoms with van der Waals surface area (Å²) in [5.74, 6) is 0.567. The number of fused-ring (bicyclic) bond motifs is 1. The Labute approximate surface area is 158 Å². The molecule has 1 aromatic heterocycles. The molecule has 0 spiro atoms. The lowest BCUT2D eigenvalue weighted by Crippen LogP contribution is -2.23. The Hall–Kier alpha value is -3.29. The summed E-state index contributed by atoms with van der Waals surface area (Å²) in [4.78, 5) is 15.0. The van der Waals surface area contributed by atoms with Crippen LogP contribution in [0.3, 0.4) is 0 Å². The number of halogens is 3. The summed E-state index contributed by atoms with van der Waals surface area (Å²) in [6, 6.07) is 13.6. The molecule has 0 aliphatic carbocycles. The summed E-state index contributed by atoms with van der Waals surface area (Å²) < 4.78 is 51.6. The third-order valence-corrected chi connectivity index (χ3v) is 4.33. The lowest BCUT2D eigenvalue weighted by molar-refractivity contribution is -0.137. The number of hydrogen-bond acceptors (Lipinski definition) is 4. The van der Waals surface area contributed by atoms with Crippen LogP contribution in [-0.4, -0.2) is 22.3 Å². The SMILES string of the molecule is O=c1ccn2c(n1)OC(COc1ccc(-c3cccc(C(F)(F)F)c3)cc1)C2. The third kappa shape index (κ3) is 3.85. The molecule has 5 nitrogen and oxygen atoms in total. The minimum Gasteiger partial charge on any atom is -0.490 e. The standard InChI is InChI=1S/C20H15F3N2O3/c21-20(22,23)15-3-1-2-14(10-15)13-4-6-16(7-5-13)27-12-17-11-25-9-8-18(26)24-19(25)28-17/h1-10,17H,11-12H2. The Balaban J connectivity index is 1.40. The highest BCUT2D eigenvalue weighted by atomic mass is 19.4. The van der Waals surface area contributed by atoms with E-state index in [1.165, 1.54) is 12.1 Å². The van der Waals surface area contributed by atoms with Gasteiger partial charge in [0.2, 0.25) is 0 Å². The van der Waals surface area contributed by atoms with Crippen molar-refractivity contribution in [2.24, 2.45) is 0 Å². The molecule has 4 rings (SSSR count). The van der Waals surface area contributed by atoms with E-state index in [9.17, 15) is 18.0 Å². The maximum absolute atomic E-state index is 12.9. The van der Waals surface area contributed by atoms with Crippen LogP contribution in [0.5, 0.6) is 11.8 Å². The van der Waals surface area contributed by atoms with Gasteiger partial charge in [0.15, 0.2) is 6.10 Å². The summed E-state index contributed by atoms with van der Waals surface area (Å²) in [5, 5.41) is 0. The van der Waals surface area contributed by atoms with Gasteiger partial charge in [-0.05, 0) is 35.4 Å². The van der Waals surface area contributed by atoms with Crippen LogP contribution in [-0.2, 0) is 12.7 Å². The zero-order valence-corrected chi connectivity index (χ0v) is 14.5. The van der Waals surface area contributed by atoms with E-state index in [1.807, 2.05) is 0 Å². The Morgan fingerprint density at radius 1 is 1.11 bits per heavy atom. The average Bonchev–Trinajstić information content (AvgIpc) is 3.08. The summed E-state index contributed by atoms with van der Waals surface area (Å²) in [5.41, 5.74) is 0.0890. The van der Waals surface area contributed by atoms with Gasteiger partial charge in [0, 0.05) is 12.3 Å². The maximum Gasteiger partial charge on any atom is 0.416 e. The van der Waals surface area contributed by atoms with Gasteiger partial charge in [0.25, 0.3) is 11.6 Å². The second kappa shape index (κ2) is 7.03. The molecular formula is C20H15F3N2O3. The molecule has 1 atom stereocenters. The molecule has 1 aliphatic heterocycles. The number of hydrogen-bond donors (Lipinski definition) is 0. The predicted octanol–water partition coefficient (Wildman–Crippen LogP) is 3.77. The van der Waals surface area contributed by atoms with Crippen molar-refractivity contribution < 1.29 is 22.6 Å². The zero-order valence-electron chi connectivity index (χ0n) is 14.5. The summed E-state index contributed by atoms with van der Waals surface area (Å²) in [7, 11) is 0. The Morgan fingerprint density at radius 2 is 1.89 bits per heavy atom. The van der Waals surface area contributed by atoms with Gasteiger partial charge in [0.1, 0.15) is 12.4 Å². The summed E-state index contributed by atoms with van der Waals surface area (Å²) in [6.07, 6.45) is -3.04. The van der Waals surface area contributed by atoms with Gasteiger partial charge in [-0.3, -0.25) is 9.36 Å². The van der Waals surface area contributed by atoms with Crippen molar-refractivity contribution in [2.45, 2.75) is 18.8 Å². The molecule has 0 N–H and O–H groups in total. The molecule has 28 heavy (non-hydrogen) atoms. The van der Waals surface area contributed by atoms with E-state index in [4.69, 9.17) is 9.47 Å². The third-order valence-electron chi connectivity index (χ3n) is 4.33. The number of nitrogens with zero attached hydrogens (tertiary/aromatic N) is 2. The quantitative estimate of drug-likeness (QED) is 0.683. The second-order valence-electron chi connectivity index (χ2n) is 6.35. The first kappa shape index (κ1) is 18.1. The molecule has 2 heterocycles. The van der Waals surface area contributed by atoms with Crippen LogP contribution < -0.4 is 15.0 Å². The monoisotopic (exact) mass is 388 g/mol. The smallest absolute Gasteiger partial charge is 0.416 e. The molecule has 0 fully saturated rings. The first-order chi connectivity index (χ1) is 13.4. The molecule has 0 saturated carbocycles. The molecule has 0 saturated heterocycles. The first-order valence-corrected chi connectivity index (χ1v) is 8.53. The molecule has 144 valence electrons. The lowest BCUT2D eigenvalue weighted by Gasteiger charge is -2.12. The fraction of sp³-hybridized carbons (Fsp3) is 0.200. The predicted molar refractivity (Wildman–Crippen MR) is 95.3 cm³/mol. The fourth-order valence-corrected chi connectivity index (χ4v) is 2.95. The van der Waals surface area contributed by atoms with Gasteiger partial charge in [-0.15, -0.1) is 0 Å². The van der Waals surface area contributed by atoms with E-state index in [1.54, 1.807) is 41.1 Å². The van der Waals surface area contributed by atoms with Gasteiger partial charge in [-0.1, -0.05) is 24.3 Å². The van der Waals surface area contributed by atoms with E-state index >= 15 is 0 Å². The average molecular weight is 388 g/mol. The van der Waals surface area contributed by atoms with Gasteiger partial charge in [-0.25, -0.2) is 0 Å². The number of ether oxygens (including phenoxy) is 2. The van der Waals surface area contributed by atoms with E-state index in [0.29, 0.717) is 23.4 Å². The van der Waals surface area contributed by atoms with Crippen LogP contribution in [0.2, 0.25) is 0 Å². The van der Waals surface area contributed by atoms with Gasteiger partial charge in [0.05, 0.1) is 12.1 Å². The highest BCUT2D eigenvalue weighted by Crippen LogP contribution is 2.32. The number of benzene rings is 2. The maximum atomic E-state index is 12.9. The molecule has 0 bridgehead atoms. The summed E-state index contributed by atoms with van der Waals surface area (Å²) in [6.45, 7) is 0.769. The highest BCUT2D eigenvalue weighted by Gasteiger charge is 2.30. The summed E-state index contributed by atoms with van der Waals surface area (Å²) >= 11 is 0. The van der Waals surface area contributed by atoms with E-state index < -0.39 is 11.7 Å². The zero-order chi connectivity index (χ0) is 19.7. The van der Waals surface area contributed by atoms with E-state index in [-0.39, 0.29) is 24.3 Å². The molecule has 8 heteroatoms. The lowest BCUT2D eigenvalue weighted by atomic mass is 10.0. The van der Waals surface area contributed by atoms with Crippen LogP contribution in [0.4, 0.5) is 13.2 Å². The van der Waals surface area contributed by atoms with Gasteiger partial charge >= 0.3 is 6.18 Å². The number of aromatic nitrogens is 2. The van der Waals surface area contributed by atoms with Crippen molar-refractivity contribution in [1.29, 1.82) is 0 Å². The normalized spacial score (nSPS) is 15.8. The van der Waals surface area contributed by atoms with E-state index in [0.717, 1.165) is 12.1 Å². The minimum atomic E-state index is -4.38. The van der Waals surface area contributed by atoms with Crippen molar-refractivity contribution in [2.75, 3.05) is 6.61 Å². The second-order valence-corrected chi connectivity index (χ2v) is 6.35. The van der Waals surface area contributed by atoms with Crippen molar-refractivity contribution >= 4 is 0 Å². The van der Waals surface area contributed by atoms with Crippen LogP contribution in [0, 0.1) is 0 Å². The van der Waals surface area contributed by atoms with Crippen molar-refractivity contribution in [1.82, 2.24) is 9.55 Å². The van der Waals surface area contributed by atoms with Gasteiger partial charge < -0.3 is 9.47 Å².